The highest BCUT2D eigenvalue weighted by Gasteiger charge is 2.20. The molecule has 0 N–H and O–H groups in total. The summed E-state index contributed by atoms with van der Waals surface area (Å²) >= 11 is 3.67. The Kier molecular flexibility index (Phi) is 6.86. The molecule has 0 amide bonds. The van der Waals surface area contributed by atoms with Gasteiger partial charge in [0.1, 0.15) is 0 Å². The molecule has 0 fully saturated rings. The third kappa shape index (κ3) is 4.53. The predicted octanol–water partition coefficient (Wildman–Crippen LogP) is 13.7. The smallest absolute Gasteiger partial charge is 0.0857 e. The molecule has 4 heteroatoms. The van der Waals surface area contributed by atoms with Crippen molar-refractivity contribution in [2.45, 2.75) is 10.6 Å². The molecule has 10 rings (SSSR count). The molecule has 8 aromatic carbocycles. The van der Waals surface area contributed by atoms with Gasteiger partial charge in [-0.3, -0.25) is 4.99 Å². The summed E-state index contributed by atoms with van der Waals surface area (Å²) in [6.07, 6.45) is 0. The van der Waals surface area contributed by atoms with Crippen LogP contribution in [0.1, 0.15) is 5.56 Å². The zero-order valence-electron chi connectivity index (χ0n) is 27.1. The molecule has 0 aliphatic rings. The number of thiophene rings is 1. The molecule has 0 bridgehead atoms. The van der Waals surface area contributed by atoms with Crippen LogP contribution in [0.4, 0.5) is 5.69 Å². The van der Waals surface area contributed by atoms with Crippen molar-refractivity contribution in [2.24, 2.45) is 4.99 Å². The van der Waals surface area contributed by atoms with Crippen molar-refractivity contribution in [1.29, 1.82) is 0 Å². The lowest BCUT2D eigenvalue weighted by Crippen LogP contribution is -1.94. The Morgan fingerprint density at radius 2 is 1.16 bits per heavy atom. The molecule has 2 heterocycles. The molecule has 2 aromatic heterocycles. The number of benzene rings is 8. The second kappa shape index (κ2) is 11.7. The Hall–Kier alpha value is -5.68. The minimum atomic E-state index is 0.818. The van der Waals surface area contributed by atoms with Crippen LogP contribution in [0.2, 0.25) is 0 Å². The van der Waals surface area contributed by atoms with Gasteiger partial charge in [0.05, 0.1) is 16.7 Å². The number of hydrogen-bond acceptors (Lipinski definition) is 3. The fourth-order valence-corrected chi connectivity index (χ4v) is 9.99. The van der Waals surface area contributed by atoms with Crippen LogP contribution in [0, 0.1) is 0 Å². The maximum Gasteiger partial charge on any atom is 0.0857 e. The Labute approximate surface area is 298 Å². The summed E-state index contributed by atoms with van der Waals surface area (Å²) < 4.78 is 4.95. The largest absolute Gasteiger partial charge is 0.309 e. The van der Waals surface area contributed by atoms with Gasteiger partial charge in [-0.1, -0.05) is 121 Å². The van der Waals surface area contributed by atoms with Gasteiger partial charge in [0.25, 0.3) is 0 Å². The first-order valence-corrected chi connectivity index (χ1v) is 18.6. The molecule has 0 spiro atoms. The molecule has 0 radical (unpaired) electrons. The van der Waals surface area contributed by atoms with Gasteiger partial charge in [-0.15, -0.1) is 23.1 Å². The highest BCUT2D eigenvalue weighted by Crippen LogP contribution is 2.49. The van der Waals surface area contributed by atoms with E-state index in [1.165, 1.54) is 85.1 Å². The van der Waals surface area contributed by atoms with Crippen LogP contribution in [-0.2, 0) is 5.75 Å². The quantitative estimate of drug-likeness (QED) is 0.127. The van der Waals surface area contributed by atoms with Crippen LogP contribution < -0.4 is 0 Å². The fourth-order valence-electron chi connectivity index (χ4n) is 7.70. The maximum absolute atomic E-state index is 4.70. The highest BCUT2D eigenvalue weighted by atomic mass is 32.2. The van der Waals surface area contributed by atoms with E-state index in [1.54, 1.807) is 0 Å². The number of nitrogens with zero attached hydrogens (tertiary/aromatic N) is 2. The lowest BCUT2D eigenvalue weighted by Gasteiger charge is -2.15. The molecular weight excluding hydrogens is 645 g/mol. The average Bonchev–Trinajstić information content (AvgIpc) is 3.73. The molecule has 50 heavy (non-hydrogen) atoms. The molecule has 2 nitrogen and oxygen atoms in total. The van der Waals surface area contributed by atoms with Gasteiger partial charge in [0.2, 0.25) is 0 Å². The van der Waals surface area contributed by atoms with Gasteiger partial charge in [-0.2, -0.15) is 0 Å². The van der Waals surface area contributed by atoms with Gasteiger partial charge in [0, 0.05) is 47.3 Å². The summed E-state index contributed by atoms with van der Waals surface area (Å²) in [5, 5.41) is 10.2. The molecule has 0 aliphatic carbocycles. The van der Waals surface area contributed by atoms with Crippen molar-refractivity contribution >= 4 is 99.0 Å². The van der Waals surface area contributed by atoms with Gasteiger partial charge in [0.15, 0.2) is 0 Å². The first-order valence-electron chi connectivity index (χ1n) is 16.8. The second-order valence-electron chi connectivity index (χ2n) is 12.7. The van der Waals surface area contributed by atoms with E-state index in [1.807, 2.05) is 23.1 Å². The number of hydrogen-bond donors (Lipinski definition) is 0. The summed E-state index contributed by atoms with van der Waals surface area (Å²) in [6, 6.07) is 57.4. The topological polar surface area (TPSA) is 17.3 Å². The monoisotopic (exact) mass is 674 g/mol. The van der Waals surface area contributed by atoms with Crippen molar-refractivity contribution < 1.29 is 0 Å². The lowest BCUT2D eigenvalue weighted by atomic mass is 10.00. The van der Waals surface area contributed by atoms with Crippen molar-refractivity contribution in [3.05, 3.63) is 163 Å². The van der Waals surface area contributed by atoms with Crippen LogP contribution in [0.15, 0.2) is 168 Å². The van der Waals surface area contributed by atoms with Gasteiger partial charge < -0.3 is 4.57 Å². The number of aliphatic imine (C=N–C) groups is 1. The van der Waals surface area contributed by atoms with Gasteiger partial charge in [-0.05, 0) is 81.4 Å². The van der Waals surface area contributed by atoms with Crippen molar-refractivity contribution in [1.82, 2.24) is 4.57 Å². The van der Waals surface area contributed by atoms with Crippen LogP contribution in [-0.4, -0.2) is 11.3 Å². The lowest BCUT2D eigenvalue weighted by molar-refractivity contribution is 1.17. The van der Waals surface area contributed by atoms with E-state index in [9.17, 15) is 0 Å². The van der Waals surface area contributed by atoms with Crippen LogP contribution in [0.3, 0.4) is 0 Å². The Balaban J connectivity index is 1.09. The Bertz CT molecular complexity index is 2840. The summed E-state index contributed by atoms with van der Waals surface area (Å²) in [5.74, 6) is 0.818. The summed E-state index contributed by atoms with van der Waals surface area (Å²) in [5.41, 5.74) is 8.25. The Morgan fingerprint density at radius 3 is 1.82 bits per heavy atom. The van der Waals surface area contributed by atoms with Crippen LogP contribution in [0.5, 0.6) is 0 Å². The molecule has 0 saturated carbocycles. The number of rotatable bonds is 6. The Morgan fingerprint density at radius 1 is 0.560 bits per heavy atom. The first-order chi connectivity index (χ1) is 24.8. The summed E-state index contributed by atoms with van der Waals surface area (Å²) in [4.78, 5) is 5.87. The van der Waals surface area contributed by atoms with Crippen LogP contribution in [0.25, 0.3) is 80.3 Å². The van der Waals surface area contributed by atoms with E-state index in [0.29, 0.717) is 0 Å². The first kappa shape index (κ1) is 29.3. The third-order valence-electron chi connectivity index (χ3n) is 9.96. The van der Waals surface area contributed by atoms with Gasteiger partial charge in [-0.25, -0.2) is 0 Å². The number of fused-ring (bicyclic) bond motifs is 10. The zero-order chi connectivity index (χ0) is 33.2. The van der Waals surface area contributed by atoms with Crippen molar-refractivity contribution in [2.75, 3.05) is 0 Å². The van der Waals surface area contributed by atoms with E-state index >= 15 is 0 Å². The highest BCUT2D eigenvalue weighted by molar-refractivity contribution is 7.98. The summed E-state index contributed by atoms with van der Waals surface area (Å²) in [6.45, 7) is 4.08. The van der Waals surface area contributed by atoms with E-state index in [4.69, 9.17) is 4.99 Å². The second-order valence-corrected chi connectivity index (χ2v) is 14.8. The van der Waals surface area contributed by atoms with E-state index in [0.717, 1.165) is 17.1 Å². The number of aromatic nitrogens is 1. The average molecular weight is 675 g/mol. The van der Waals surface area contributed by atoms with E-state index < -0.39 is 0 Å². The normalized spacial score (nSPS) is 11.8. The minimum absolute atomic E-state index is 0.818. The summed E-state index contributed by atoms with van der Waals surface area (Å²) in [7, 11) is 0. The molecule has 0 saturated heterocycles. The predicted molar refractivity (Wildman–Crippen MR) is 219 cm³/mol. The number of thioether (sulfide) groups is 1. The van der Waals surface area contributed by atoms with Gasteiger partial charge >= 0.3 is 0 Å². The third-order valence-corrected chi connectivity index (χ3v) is 12.3. The van der Waals surface area contributed by atoms with Crippen LogP contribution >= 0.6 is 23.1 Å². The van der Waals surface area contributed by atoms with E-state index in [2.05, 4.69) is 169 Å². The van der Waals surface area contributed by atoms with E-state index in [-0.39, 0.29) is 0 Å². The standard InChI is InChI=1S/C46H30N2S2/c1-47-45-44-36-17-9-10-18-40(36)50-41(44)27-37(30-11-3-2-4-12-30)46(45)49-28-29-19-23-33(24-20-29)48-38-25-21-31-13-5-7-15-34(31)42(38)43-35-16-8-6-14-32(35)22-26-39(43)48/h2-27H,1,28H2. The molecule has 0 aliphatic heterocycles. The molecule has 0 atom stereocenters. The zero-order valence-corrected chi connectivity index (χ0v) is 28.8. The molecule has 10 aromatic rings. The fraction of sp³-hybridized carbons (Fsp3) is 0.0217. The van der Waals surface area contributed by atoms with Crippen molar-refractivity contribution in [3.8, 4) is 16.8 Å². The van der Waals surface area contributed by atoms with Crippen molar-refractivity contribution in [3.63, 3.8) is 0 Å². The molecule has 236 valence electrons. The maximum atomic E-state index is 4.70. The minimum Gasteiger partial charge on any atom is -0.309 e. The molecule has 0 unspecified atom stereocenters. The molecular formula is C46H30N2S2. The SMILES string of the molecule is C=Nc1c(SCc2ccc(-n3c4ccc5ccccc5c4c4c5ccccc5ccc43)cc2)c(-c2ccccc2)cc2sc3ccccc3c12.